The van der Waals surface area contributed by atoms with Crippen LogP contribution in [-0.2, 0) is 0 Å². The summed E-state index contributed by atoms with van der Waals surface area (Å²) >= 11 is 1.31. The van der Waals surface area contributed by atoms with E-state index in [0.717, 1.165) is 0 Å². The summed E-state index contributed by atoms with van der Waals surface area (Å²) in [5.74, 6) is -0.191. The molecule has 1 heterocycles. The molecule has 0 aliphatic rings. The Morgan fingerprint density at radius 2 is 1.66 bits per heavy atom. The van der Waals surface area contributed by atoms with E-state index in [1.165, 1.54) is 46.7 Å². The van der Waals surface area contributed by atoms with Gasteiger partial charge in [-0.2, -0.15) is 0 Å². The average Bonchev–Trinajstić information content (AvgIpc) is 2.73. The molecule has 0 bridgehead atoms. The number of rotatable bonds is 6. The zero-order chi connectivity index (χ0) is 20.2. The van der Waals surface area contributed by atoms with E-state index < -0.39 is 5.82 Å². The van der Waals surface area contributed by atoms with Crippen LogP contribution in [0.5, 0.6) is 5.75 Å². The third-order valence-electron chi connectivity index (χ3n) is 4.24. The molecule has 0 aliphatic carbocycles. The molecule has 29 heavy (non-hydrogen) atoms. The van der Waals surface area contributed by atoms with E-state index in [2.05, 4.69) is 4.98 Å². The molecule has 4 nitrogen and oxygen atoms in total. The van der Waals surface area contributed by atoms with Crippen molar-refractivity contribution in [3.63, 3.8) is 0 Å². The van der Waals surface area contributed by atoms with E-state index in [1.54, 1.807) is 36.4 Å². The number of aromatic nitrogens is 2. The molecule has 4 aromatic rings. The molecule has 0 saturated carbocycles. The Labute approximate surface area is 169 Å². The molecule has 0 amide bonds. The van der Waals surface area contributed by atoms with E-state index in [1.807, 2.05) is 6.07 Å². The van der Waals surface area contributed by atoms with Crippen LogP contribution in [0.4, 0.5) is 8.78 Å². The van der Waals surface area contributed by atoms with Crippen molar-refractivity contribution in [2.75, 3.05) is 12.4 Å². The van der Waals surface area contributed by atoms with Gasteiger partial charge in [-0.15, -0.1) is 0 Å². The zero-order valence-electron chi connectivity index (χ0n) is 15.2. The third kappa shape index (κ3) is 4.14. The first-order valence-corrected chi connectivity index (χ1v) is 9.90. The number of hydrogen-bond donors (Lipinski definition) is 0. The lowest BCUT2D eigenvalue weighted by atomic mass is 10.2. The molecule has 0 radical (unpaired) electrons. The summed E-state index contributed by atoms with van der Waals surface area (Å²) in [7, 11) is 0. The van der Waals surface area contributed by atoms with Crippen molar-refractivity contribution in [1.82, 2.24) is 9.55 Å². The van der Waals surface area contributed by atoms with Gasteiger partial charge in [0.2, 0.25) is 0 Å². The predicted molar refractivity (Wildman–Crippen MR) is 110 cm³/mol. The summed E-state index contributed by atoms with van der Waals surface area (Å²) in [6, 6.07) is 18.9. The van der Waals surface area contributed by atoms with Crippen molar-refractivity contribution in [1.29, 1.82) is 0 Å². The number of benzene rings is 3. The van der Waals surface area contributed by atoms with Crippen LogP contribution in [0.3, 0.4) is 0 Å². The maximum absolute atomic E-state index is 13.7. The van der Waals surface area contributed by atoms with Crippen molar-refractivity contribution >= 4 is 22.7 Å². The highest BCUT2D eigenvalue weighted by Gasteiger charge is 2.13. The Balaban J connectivity index is 1.63. The fourth-order valence-electron chi connectivity index (χ4n) is 2.87. The SMILES string of the molecule is O=c1c2ccccc2nc(SCCOc2ccccc2F)n1-c1ccc(F)cc1. The summed E-state index contributed by atoms with van der Waals surface area (Å²) in [5.41, 5.74) is 0.861. The number of thioether (sulfide) groups is 1. The van der Waals surface area contributed by atoms with Crippen molar-refractivity contribution < 1.29 is 13.5 Å². The van der Waals surface area contributed by atoms with E-state index in [0.29, 0.717) is 27.5 Å². The molecule has 1 aromatic heterocycles. The molecule has 0 N–H and O–H groups in total. The molecule has 0 atom stereocenters. The highest BCUT2D eigenvalue weighted by Crippen LogP contribution is 2.22. The topological polar surface area (TPSA) is 44.1 Å². The second-order valence-electron chi connectivity index (χ2n) is 6.16. The van der Waals surface area contributed by atoms with Gasteiger partial charge in [-0.25, -0.2) is 13.8 Å². The van der Waals surface area contributed by atoms with E-state index in [-0.39, 0.29) is 23.7 Å². The second-order valence-corrected chi connectivity index (χ2v) is 7.22. The van der Waals surface area contributed by atoms with Gasteiger partial charge in [0.1, 0.15) is 5.82 Å². The largest absolute Gasteiger partial charge is 0.490 e. The number of hydrogen-bond acceptors (Lipinski definition) is 4. The van der Waals surface area contributed by atoms with Crippen molar-refractivity contribution in [3.05, 3.63) is 94.8 Å². The Morgan fingerprint density at radius 1 is 0.931 bits per heavy atom. The first-order valence-electron chi connectivity index (χ1n) is 8.91. The van der Waals surface area contributed by atoms with Crippen molar-refractivity contribution in [2.24, 2.45) is 0 Å². The number of ether oxygens (including phenoxy) is 1. The number of halogens is 2. The Kier molecular flexibility index (Phi) is 5.57. The molecule has 4 rings (SSSR count). The third-order valence-corrected chi connectivity index (χ3v) is 5.14. The first-order chi connectivity index (χ1) is 14.1. The first kappa shape index (κ1) is 19.1. The minimum absolute atomic E-state index is 0.176. The zero-order valence-corrected chi connectivity index (χ0v) is 16.0. The minimum atomic E-state index is -0.426. The standard InChI is InChI=1S/C22H16F2N2O2S/c23-15-9-11-16(12-10-15)26-21(27)17-5-1-3-7-19(17)25-22(26)29-14-13-28-20-8-4-2-6-18(20)24/h1-12H,13-14H2. The molecule has 0 fully saturated rings. The van der Waals surface area contributed by atoms with Gasteiger partial charge in [0.15, 0.2) is 16.7 Å². The highest BCUT2D eigenvalue weighted by atomic mass is 32.2. The van der Waals surface area contributed by atoms with Gasteiger partial charge in [-0.3, -0.25) is 9.36 Å². The number of para-hydroxylation sites is 2. The maximum Gasteiger partial charge on any atom is 0.266 e. The maximum atomic E-state index is 13.7. The predicted octanol–water partition coefficient (Wildman–Crippen LogP) is 4.84. The van der Waals surface area contributed by atoms with E-state index in [4.69, 9.17) is 4.74 Å². The fraction of sp³-hybridized carbons (Fsp3) is 0.0909. The van der Waals surface area contributed by atoms with Crippen LogP contribution >= 0.6 is 11.8 Å². The highest BCUT2D eigenvalue weighted by molar-refractivity contribution is 7.99. The van der Waals surface area contributed by atoms with Gasteiger partial charge in [0, 0.05) is 5.75 Å². The van der Waals surface area contributed by atoms with E-state index >= 15 is 0 Å². The summed E-state index contributed by atoms with van der Waals surface area (Å²) in [5, 5.41) is 0.932. The average molecular weight is 410 g/mol. The lowest BCUT2D eigenvalue weighted by Crippen LogP contribution is -2.22. The molecule has 0 saturated heterocycles. The van der Waals surface area contributed by atoms with Gasteiger partial charge in [0.25, 0.3) is 5.56 Å². The van der Waals surface area contributed by atoms with Crippen LogP contribution in [-0.4, -0.2) is 21.9 Å². The second kappa shape index (κ2) is 8.45. The quantitative estimate of drug-likeness (QED) is 0.259. The monoisotopic (exact) mass is 410 g/mol. The molecule has 3 aromatic carbocycles. The van der Waals surface area contributed by atoms with Gasteiger partial charge in [0.05, 0.1) is 23.2 Å². The molecular weight excluding hydrogens is 394 g/mol. The summed E-state index contributed by atoms with van der Waals surface area (Å²) in [6.45, 7) is 0.234. The van der Waals surface area contributed by atoms with Gasteiger partial charge in [-0.05, 0) is 48.5 Å². The summed E-state index contributed by atoms with van der Waals surface area (Å²) in [4.78, 5) is 17.7. The van der Waals surface area contributed by atoms with Gasteiger partial charge in [-0.1, -0.05) is 36.0 Å². The molecule has 0 spiro atoms. The lowest BCUT2D eigenvalue weighted by Gasteiger charge is -2.13. The molecular formula is C22H16F2N2O2S. The van der Waals surface area contributed by atoms with Crippen LogP contribution in [0.1, 0.15) is 0 Å². The van der Waals surface area contributed by atoms with Gasteiger partial charge >= 0.3 is 0 Å². The minimum Gasteiger partial charge on any atom is -0.490 e. The van der Waals surface area contributed by atoms with Crippen molar-refractivity contribution in [2.45, 2.75) is 5.16 Å². The smallest absolute Gasteiger partial charge is 0.266 e. The Morgan fingerprint density at radius 3 is 2.45 bits per heavy atom. The molecule has 0 aliphatic heterocycles. The number of fused-ring (bicyclic) bond motifs is 1. The van der Waals surface area contributed by atoms with Crippen LogP contribution in [0.25, 0.3) is 16.6 Å². The summed E-state index contributed by atoms with van der Waals surface area (Å²) < 4.78 is 33.9. The molecule has 7 heteroatoms. The van der Waals surface area contributed by atoms with Crippen LogP contribution in [0.2, 0.25) is 0 Å². The van der Waals surface area contributed by atoms with Crippen molar-refractivity contribution in [3.8, 4) is 11.4 Å². The van der Waals surface area contributed by atoms with Crippen LogP contribution in [0, 0.1) is 11.6 Å². The normalized spacial score (nSPS) is 11.0. The number of nitrogens with zero attached hydrogens (tertiary/aromatic N) is 2. The lowest BCUT2D eigenvalue weighted by molar-refractivity contribution is 0.325. The fourth-order valence-corrected chi connectivity index (χ4v) is 3.70. The van der Waals surface area contributed by atoms with E-state index in [9.17, 15) is 13.6 Å². The Hall–Kier alpha value is -3.19. The molecule has 146 valence electrons. The van der Waals surface area contributed by atoms with Crippen LogP contribution in [0.15, 0.2) is 82.7 Å². The Bertz CT molecular complexity index is 1210. The summed E-state index contributed by atoms with van der Waals surface area (Å²) in [6.07, 6.45) is 0. The van der Waals surface area contributed by atoms with Crippen LogP contribution < -0.4 is 10.3 Å². The molecule has 0 unspecified atom stereocenters. The van der Waals surface area contributed by atoms with Gasteiger partial charge < -0.3 is 4.74 Å².